The van der Waals surface area contributed by atoms with E-state index in [4.69, 9.17) is 21.2 Å². The fourth-order valence-corrected chi connectivity index (χ4v) is 2.82. The van der Waals surface area contributed by atoms with Crippen molar-refractivity contribution in [3.8, 4) is 0 Å². The molecule has 2 aromatic rings. The van der Waals surface area contributed by atoms with E-state index in [1.165, 1.54) is 6.07 Å². The van der Waals surface area contributed by atoms with Gasteiger partial charge in [-0.15, -0.1) is 0 Å². The molecule has 0 saturated carbocycles. The first kappa shape index (κ1) is 14.6. The number of anilines is 1. The maximum Gasteiger partial charge on any atom is 0.271 e. The molecule has 0 spiro atoms. The highest BCUT2D eigenvalue weighted by molar-refractivity contribution is 14.1. The average Bonchev–Trinajstić information content (AvgIpc) is 2.76. The minimum Gasteiger partial charge on any atom is -0.446 e. The second-order valence-electron chi connectivity index (χ2n) is 3.74. The van der Waals surface area contributed by atoms with Crippen molar-refractivity contribution < 1.29 is 12.8 Å². The van der Waals surface area contributed by atoms with Crippen molar-refractivity contribution in [2.75, 3.05) is 5.32 Å². The van der Waals surface area contributed by atoms with Crippen LogP contribution in [0.4, 0.5) is 5.69 Å². The van der Waals surface area contributed by atoms with E-state index in [-0.39, 0.29) is 5.09 Å². The Hall–Kier alpha value is -0.770. The minimum atomic E-state index is -3.80. The second kappa shape index (κ2) is 5.70. The zero-order valence-corrected chi connectivity index (χ0v) is 13.3. The van der Waals surface area contributed by atoms with E-state index in [2.05, 4.69) is 27.9 Å². The summed E-state index contributed by atoms with van der Waals surface area (Å²) in [5.74, 6) is 0.457. The summed E-state index contributed by atoms with van der Waals surface area (Å²) in [4.78, 5) is 0. The maximum absolute atomic E-state index is 11.1. The SMILES string of the molecule is NS(=O)(=O)c1ccc(CNc2ccc(I)cc2Cl)o1. The summed E-state index contributed by atoms with van der Waals surface area (Å²) in [6.07, 6.45) is 0. The lowest BCUT2D eigenvalue weighted by Gasteiger charge is -2.06. The molecule has 5 nitrogen and oxygen atoms in total. The van der Waals surface area contributed by atoms with E-state index in [9.17, 15) is 8.42 Å². The Balaban J connectivity index is 2.09. The van der Waals surface area contributed by atoms with Crippen molar-refractivity contribution in [1.29, 1.82) is 0 Å². The van der Waals surface area contributed by atoms with Crippen molar-refractivity contribution in [3.63, 3.8) is 0 Å². The molecular weight excluding hydrogens is 403 g/mol. The Labute approximate surface area is 129 Å². The van der Waals surface area contributed by atoms with Crippen molar-refractivity contribution in [1.82, 2.24) is 0 Å². The van der Waals surface area contributed by atoms with Crippen LogP contribution in [0.5, 0.6) is 0 Å². The Kier molecular flexibility index (Phi) is 4.39. The largest absolute Gasteiger partial charge is 0.446 e. The van der Waals surface area contributed by atoms with E-state index in [0.29, 0.717) is 17.3 Å². The number of halogens is 2. The summed E-state index contributed by atoms with van der Waals surface area (Å²) < 4.78 is 28.3. The van der Waals surface area contributed by atoms with Gasteiger partial charge >= 0.3 is 0 Å². The predicted octanol–water partition coefficient (Wildman–Crippen LogP) is 2.80. The molecule has 1 aromatic heterocycles. The third-order valence-electron chi connectivity index (χ3n) is 2.30. The van der Waals surface area contributed by atoms with Crippen LogP contribution in [0.25, 0.3) is 0 Å². The molecule has 0 fully saturated rings. The molecule has 8 heteroatoms. The number of nitrogens with one attached hydrogen (secondary N) is 1. The highest BCUT2D eigenvalue weighted by atomic mass is 127. The van der Waals surface area contributed by atoms with Crippen LogP contribution in [-0.4, -0.2) is 8.42 Å². The van der Waals surface area contributed by atoms with E-state index in [1.807, 2.05) is 18.2 Å². The lowest BCUT2D eigenvalue weighted by atomic mass is 10.3. The van der Waals surface area contributed by atoms with Crippen LogP contribution < -0.4 is 10.5 Å². The third-order valence-corrected chi connectivity index (χ3v) is 4.07. The van der Waals surface area contributed by atoms with Crippen LogP contribution in [-0.2, 0) is 16.6 Å². The van der Waals surface area contributed by atoms with Crippen LogP contribution in [0.3, 0.4) is 0 Å². The van der Waals surface area contributed by atoms with Gasteiger partial charge in [-0.05, 0) is 52.9 Å². The predicted molar refractivity (Wildman–Crippen MR) is 81.6 cm³/mol. The maximum atomic E-state index is 11.1. The molecular formula is C11H10ClIN2O3S. The number of furan rings is 1. The smallest absolute Gasteiger partial charge is 0.271 e. The quantitative estimate of drug-likeness (QED) is 0.756. The molecule has 1 heterocycles. The van der Waals surface area contributed by atoms with Gasteiger partial charge in [-0.3, -0.25) is 0 Å². The molecule has 19 heavy (non-hydrogen) atoms. The molecule has 0 aliphatic carbocycles. The van der Waals surface area contributed by atoms with Gasteiger partial charge in [0.25, 0.3) is 10.0 Å². The first-order valence-corrected chi connectivity index (χ1v) is 8.17. The third kappa shape index (κ3) is 3.85. The zero-order chi connectivity index (χ0) is 14.0. The molecule has 0 aliphatic heterocycles. The topological polar surface area (TPSA) is 85.3 Å². The number of hydrogen-bond donors (Lipinski definition) is 2. The van der Waals surface area contributed by atoms with Crippen LogP contribution in [0.2, 0.25) is 5.02 Å². The first-order chi connectivity index (χ1) is 8.86. The average molecular weight is 413 g/mol. The molecule has 0 bridgehead atoms. The van der Waals surface area contributed by atoms with Crippen molar-refractivity contribution in [2.24, 2.45) is 5.14 Å². The Morgan fingerprint density at radius 3 is 2.63 bits per heavy atom. The van der Waals surface area contributed by atoms with Gasteiger partial charge in [0.2, 0.25) is 5.09 Å². The van der Waals surface area contributed by atoms with Crippen LogP contribution in [0, 0.1) is 3.57 Å². The minimum absolute atomic E-state index is 0.252. The zero-order valence-electron chi connectivity index (χ0n) is 9.56. The van der Waals surface area contributed by atoms with Crippen LogP contribution in [0.15, 0.2) is 39.8 Å². The van der Waals surface area contributed by atoms with Crippen molar-refractivity contribution >= 4 is 49.9 Å². The molecule has 0 atom stereocenters. The monoisotopic (exact) mass is 412 g/mol. The van der Waals surface area contributed by atoms with Gasteiger partial charge in [0.05, 0.1) is 17.3 Å². The summed E-state index contributed by atoms with van der Waals surface area (Å²) in [6.45, 7) is 0.315. The van der Waals surface area contributed by atoms with Gasteiger partial charge in [-0.1, -0.05) is 11.6 Å². The standard InChI is InChI=1S/C11H10ClIN2O3S/c12-9-5-7(13)1-3-10(9)15-6-8-2-4-11(18-8)19(14,16)17/h1-5,15H,6H2,(H2,14,16,17). The molecule has 3 N–H and O–H groups in total. The number of primary sulfonamides is 1. The van der Waals surface area contributed by atoms with Gasteiger partial charge in [-0.25, -0.2) is 13.6 Å². The summed E-state index contributed by atoms with van der Waals surface area (Å²) in [5, 5.41) is 8.35. The molecule has 0 aliphatic rings. The van der Waals surface area contributed by atoms with Crippen LogP contribution in [0.1, 0.15) is 5.76 Å². The fourth-order valence-electron chi connectivity index (χ4n) is 1.42. The fraction of sp³-hybridized carbons (Fsp3) is 0.0909. The van der Waals surface area contributed by atoms with E-state index >= 15 is 0 Å². The molecule has 2 rings (SSSR count). The number of benzene rings is 1. The number of rotatable bonds is 4. The molecule has 0 radical (unpaired) electrons. The van der Waals surface area contributed by atoms with Gasteiger partial charge in [0.1, 0.15) is 5.76 Å². The first-order valence-electron chi connectivity index (χ1n) is 5.17. The van der Waals surface area contributed by atoms with Gasteiger partial charge < -0.3 is 9.73 Å². The normalized spacial score (nSPS) is 11.5. The van der Waals surface area contributed by atoms with E-state index < -0.39 is 10.0 Å². The van der Waals surface area contributed by atoms with Crippen molar-refractivity contribution in [3.05, 3.63) is 44.7 Å². The molecule has 0 amide bonds. The Bertz CT molecular complexity index is 700. The van der Waals surface area contributed by atoms with Gasteiger partial charge in [0, 0.05) is 3.57 Å². The molecule has 1 aromatic carbocycles. The Morgan fingerprint density at radius 1 is 1.32 bits per heavy atom. The van der Waals surface area contributed by atoms with Crippen molar-refractivity contribution in [2.45, 2.75) is 11.6 Å². The summed E-state index contributed by atoms with van der Waals surface area (Å²) in [6, 6.07) is 8.44. The lowest BCUT2D eigenvalue weighted by molar-refractivity contribution is 0.419. The summed E-state index contributed by atoms with van der Waals surface area (Å²) >= 11 is 8.22. The summed E-state index contributed by atoms with van der Waals surface area (Å²) in [7, 11) is -3.80. The Morgan fingerprint density at radius 2 is 2.05 bits per heavy atom. The van der Waals surface area contributed by atoms with Gasteiger partial charge in [-0.2, -0.15) is 0 Å². The highest BCUT2D eigenvalue weighted by Gasteiger charge is 2.13. The number of hydrogen-bond acceptors (Lipinski definition) is 4. The van der Waals surface area contributed by atoms with Gasteiger partial charge in [0.15, 0.2) is 0 Å². The molecule has 102 valence electrons. The van der Waals surface area contributed by atoms with Crippen LogP contribution >= 0.6 is 34.2 Å². The number of nitrogens with two attached hydrogens (primary N) is 1. The van der Waals surface area contributed by atoms with E-state index in [1.54, 1.807) is 6.07 Å². The highest BCUT2D eigenvalue weighted by Crippen LogP contribution is 2.24. The summed E-state index contributed by atoms with van der Waals surface area (Å²) in [5.41, 5.74) is 0.746. The molecule has 0 unspecified atom stereocenters. The second-order valence-corrected chi connectivity index (χ2v) is 6.89. The van der Waals surface area contributed by atoms with E-state index in [0.717, 1.165) is 9.26 Å². The molecule has 0 saturated heterocycles. The number of sulfonamides is 1. The lowest BCUT2D eigenvalue weighted by Crippen LogP contribution is -2.10.